The minimum Gasteiger partial charge on any atom is -0.481 e. The van der Waals surface area contributed by atoms with Gasteiger partial charge in [0.1, 0.15) is 0 Å². The fourth-order valence-electron chi connectivity index (χ4n) is 3.27. The van der Waals surface area contributed by atoms with Crippen LogP contribution in [0.5, 0.6) is 0 Å². The SMILES string of the molecule is CCNS(=O)(=O)c1ccc(CC(=O)NC2(CC(=O)O)CCCC2)cc1. The molecule has 0 spiro atoms. The van der Waals surface area contributed by atoms with Crippen LogP contribution in [0.25, 0.3) is 0 Å². The van der Waals surface area contributed by atoms with Crippen LogP contribution in [0.3, 0.4) is 0 Å². The zero-order chi connectivity index (χ0) is 18.5. The highest BCUT2D eigenvalue weighted by Crippen LogP contribution is 2.32. The summed E-state index contributed by atoms with van der Waals surface area (Å²) in [5.41, 5.74) is 0.0217. The zero-order valence-corrected chi connectivity index (χ0v) is 15.1. The van der Waals surface area contributed by atoms with Gasteiger partial charge in [0.15, 0.2) is 0 Å². The molecule has 1 amide bonds. The Hall–Kier alpha value is -1.93. The average Bonchev–Trinajstić information content (AvgIpc) is 2.94. The van der Waals surface area contributed by atoms with Crippen molar-refractivity contribution in [3.05, 3.63) is 29.8 Å². The molecule has 25 heavy (non-hydrogen) atoms. The summed E-state index contributed by atoms with van der Waals surface area (Å²) in [7, 11) is -3.51. The van der Waals surface area contributed by atoms with E-state index in [4.69, 9.17) is 5.11 Å². The second-order valence-corrected chi connectivity index (χ2v) is 8.20. The van der Waals surface area contributed by atoms with E-state index >= 15 is 0 Å². The first-order chi connectivity index (χ1) is 11.8. The van der Waals surface area contributed by atoms with Gasteiger partial charge in [-0.2, -0.15) is 0 Å². The number of carboxylic acids is 1. The largest absolute Gasteiger partial charge is 0.481 e. The predicted octanol–water partition coefficient (Wildman–Crippen LogP) is 1.43. The van der Waals surface area contributed by atoms with E-state index in [9.17, 15) is 18.0 Å². The number of amides is 1. The number of carbonyl (C=O) groups is 2. The summed E-state index contributed by atoms with van der Waals surface area (Å²) in [6.45, 7) is 2.00. The molecule has 0 heterocycles. The fourth-order valence-corrected chi connectivity index (χ4v) is 4.31. The van der Waals surface area contributed by atoms with Gasteiger partial charge in [0.25, 0.3) is 0 Å². The van der Waals surface area contributed by atoms with Crippen LogP contribution >= 0.6 is 0 Å². The van der Waals surface area contributed by atoms with Gasteiger partial charge in [0, 0.05) is 6.54 Å². The van der Waals surface area contributed by atoms with Crippen molar-refractivity contribution in [2.45, 2.75) is 55.9 Å². The van der Waals surface area contributed by atoms with Crippen LogP contribution in [0.1, 0.15) is 44.6 Å². The van der Waals surface area contributed by atoms with Gasteiger partial charge in [-0.25, -0.2) is 13.1 Å². The van der Waals surface area contributed by atoms with E-state index in [0.717, 1.165) is 12.8 Å². The molecule has 0 aliphatic heterocycles. The standard InChI is InChI=1S/C17H24N2O5S/c1-2-18-25(23,24)14-7-5-13(6-8-14)11-15(20)19-17(12-16(21)22)9-3-4-10-17/h5-8,18H,2-4,9-12H2,1H3,(H,19,20)(H,21,22). The first-order valence-electron chi connectivity index (χ1n) is 8.38. The highest BCUT2D eigenvalue weighted by Gasteiger charge is 2.37. The molecule has 0 bridgehead atoms. The minimum absolute atomic E-state index is 0.0708. The summed E-state index contributed by atoms with van der Waals surface area (Å²) in [5, 5.41) is 12.0. The van der Waals surface area contributed by atoms with E-state index in [1.165, 1.54) is 12.1 Å². The molecule has 0 saturated heterocycles. The molecule has 1 aromatic rings. The maximum Gasteiger partial charge on any atom is 0.305 e. The monoisotopic (exact) mass is 368 g/mol. The highest BCUT2D eigenvalue weighted by molar-refractivity contribution is 7.89. The quantitative estimate of drug-likeness (QED) is 0.642. The lowest BCUT2D eigenvalue weighted by Gasteiger charge is -2.28. The molecule has 1 fully saturated rings. The number of hydrogen-bond donors (Lipinski definition) is 3. The Morgan fingerprint density at radius 3 is 2.28 bits per heavy atom. The third-order valence-electron chi connectivity index (χ3n) is 4.39. The van der Waals surface area contributed by atoms with E-state index in [0.29, 0.717) is 24.9 Å². The van der Waals surface area contributed by atoms with Gasteiger partial charge in [-0.05, 0) is 30.5 Å². The van der Waals surface area contributed by atoms with Crippen LogP contribution in [0.4, 0.5) is 0 Å². The van der Waals surface area contributed by atoms with E-state index in [2.05, 4.69) is 10.0 Å². The van der Waals surface area contributed by atoms with Crippen molar-refractivity contribution >= 4 is 21.9 Å². The normalized spacial score (nSPS) is 16.5. The summed E-state index contributed by atoms with van der Waals surface area (Å²) in [6, 6.07) is 6.12. The Labute approximate surface area is 147 Å². The first kappa shape index (κ1) is 19.4. The first-order valence-corrected chi connectivity index (χ1v) is 9.86. The van der Waals surface area contributed by atoms with Crippen LogP contribution in [0, 0.1) is 0 Å². The Morgan fingerprint density at radius 1 is 1.16 bits per heavy atom. The van der Waals surface area contributed by atoms with Crippen molar-refractivity contribution in [1.82, 2.24) is 10.0 Å². The fraction of sp³-hybridized carbons (Fsp3) is 0.529. The third-order valence-corrected chi connectivity index (χ3v) is 5.95. The van der Waals surface area contributed by atoms with E-state index in [-0.39, 0.29) is 23.6 Å². The summed E-state index contributed by atoms with van der Waals surface area (Å²) in [6.07, 6.45) is 3.17. The van der Waals surface area contributed by atoms with Gasteiger partial charge in [-0.15, -0.1) is 0 Å². The van der Waals surface area contributed by atoms with Crippen molar-refractivity contribution in [2.24, 2.45) is 0 Å². The number of hydrogen-bond acceptors (Lipinski definition) is 4. The molecule has 0 unspecified atom stereocenters. The van der Waals surface area contributed by atoms with Crippen molar-refractivity contribution in [3.63, 3.8) is 0 Å². The van der Waals surface area contributed by atoms with Gasteiger partial charge in [0.05, 0.1) is 23.3 Å². The van der Waals surface area contributed by atoms with Crippen LogP contribution in [0.15, 0.2) is 29.2 Å². The number of carboxylic acid groups (broad SMARTS) is 1. The summed E-state index contributed by atoms with van der Waals surface area (Å²) in [4.78, 5) is 23.5. The smallest absolute Gasteiger partial charge is 0.305 e. The molecule has 3 N–H and O–H groups in total. The zero-order valence-electron chi connectivity index (χ0n) is 14.2. The molecule has 1 aromatic carbocycles. The van der Waals surface area contributed by atoms with Gasteiger partial charge < -0.3 is 10.4 Å². The molecule has 0 atom stereocenters. The number of sulfonamides is 1. The Morgan fingerprint density at radius 2 is 1.76 bits per heavy atom. The number of rotatable bonds is 8. The minimum atomic E-state index is -3.51. The second kappa shape index (κ2) is 7.97. The molecule has 138 valence electrons. The lowest BCUT2D eigenvalue weighted by Crippen LogP contribution is -2.48. The topological polar surface area (TPSA) is 113 Å². The van der Waals surface area contributed by atoms with Gasteiger partial charge in [0.2, 0.25) is 15.9 Å². The lowest BCUT2D eigenvalue weighted by molar-refractivity contribution is -0.139. The van der Waals surface area contributed by atoms with E-state index < -0.39 is 21.5 Å². The molecule has 7 nitrogen and oxygen atoms in total. The number of carbonyl (C=O) groups excluding carboxylic acids is 1. The van der Waals surface area contributed by atoms with Crippen molar-refractivity contribution in [1.29, 1.82) is 0 Å². The molecular weight excluding hydrogens is 344 g/mol. The Balaban J connectivity index is 2.02. The Bertz CT molecular complexity index is 722. The average molecular weight is 368 g/mol. The van der Waals surface area contributed by atoms with Gasteiger partial charge in [-0.3, -0.25) is 9.59 Å². The molecular formula is C17H24N2O5S. The highest BCUT2D eigenvalue weighted by atomic mass is 32.2. The second-order valence-electron chi connectivity index (χ2n) is 6.43. The van der Waals surface area contributed by atoms with Gasteiger partial charge in [-0.1, -0.05) is 31.9 Å². The third kappa shape index (κ3) is 5.27. The van der Waals surface area contributed by atoms with E-state index in [1.54, 1.807) is 19.1 Å². The van der Waals surface area contributed by atoms with Crippen LogP contribution in [-0.4, -0.2) is 37.5 Å². The van der Waals surface area contributed by atoms with Crippen molar-refractivity contribution in [3.8, 4) is 0 Å². The van der Waals surface area contributed by atoms with E-state index in [1.807, 2.05) is 0 Å². The lowest BCUT2D eigenvalue weighted by atomic mass is 9.92. The summed E-state index contributed by atoms with van der Waals surface area (Å²) >= 11 is 0. The maximum atomic E-state index is 12.3. The molecule has 0 aromatic heterocycles. The molecule has 0 radical (unpaired) electrons. The number of aliphatic carboxylic acids is 1. The maximum absolute atomic E-state index is 12.3. The molecule has 1 saturated carbocycles. The van der Waals surface area contributed by atoms with Crippen LogP contribution in [0.2, 0.25) is 0 Å². The Kier molecular flexibility index (Phi) is 6.18. The number of nitrogens with one attached hydrogen (secondary N) is 2. The molecule has 1 aliphatic rings. The molecule has 8 heteroatoms. The predicted molar refractivity (Wildman–Crippen MR) is 92.6 cm³/mol. The van der Waals surface area contributed by atoms with Crippen molar-refractivity contribution < 1.29 is 23.1 Å². The summed E-state index contributed by atoms with van der Waals surface area (Å²) in [5.74, 6) is -1.16. The summed E-state index contributed by atoms with van der Waals surface area (Å²) < 4.78 is 26.2. The van der Waals surface area contributed by atoms with Crippen LogP contribution in [-0.2, 0) is 26.0 Å². The van der Waals surface area contributed by atoms with Crippen LogP contribution < -0.4 is 10.0 Å². The molecule has 1 aliphatic carbocycles. The van der Waals surface area contributed by atoms with Crippen molar-refractivity contribution in [2.75, 3.05) is 6.54 Å². The van der Waals surface area contributed by atoms with Gasteiger partial charge >= 0.3 is 5.97 Å². The number of benzene rings is 1. The molecule has 2 rings (SSSR count).